The fourth-order valence-electron chi connectivity index (χ4n) is 5.96. The van der Waals surface area contributed by atoms with Crippen LogP contribution in [0.1, 0.15) is 181 Å². The summed E-state index contributed by atoms with van der Waals surface area (Å²) in [5.41, 5.74) is 0. The molecule has 0 aliphatic rings. The Kier molecular flexibility index (Phi) is 40.4. The molecule has 0 aromatic heterocycles. The second-order valence-corrected chi connectivity index (χ2v) is 16.7. The van der Waals surface area contributed by atoms with E-state index >= 15 is 0 Å². The maximum atomic E-state index is 12.3. The number of esters is 1. The number of allylic oxidation sites excluding steroid dienone is 12. The SMILES string of the molecule is CC/C=C\C/C=C\C/C=C\C/C=C\C/C=C\C/C=C\CCCCC(=O)NC(COP(=O)(O)OCC(O)COC(=O)CCCCCCCCCCCCCCCCC)C(=O)O. The van der Waals surface area contributed by atoms with Gasteiger partial charge >= 0.3 is 19.8 Å². The maximum Gasteiger partial charge on any atom is 0.472 e. The van der Waals surface area contributed by atoms with Crippen LogP contribution in [0.5, 0.6) is 0 Å². The van der Waals surface area contributed by atoms with E-state index in [1.165, 1.54) is 70.6 Å². The second-order valence-electron chi connectivity index (χ2n) is 15.2. The van der Waals surface area contributed by atoms with Crippen LogP contribution >= 0.6 is 7.82 Å². The Morgan fingerprint density at radius 3 is 1.43 bits per heavy atom. The first kappa shape index (κ1) is 56.9. The number of rotatable bonds is 42. The van der Waals surface area contributed by atoms with Crippen LogP contribution in [-0.4, -0.2) is 64.9 Å². The highest BCUT2D eigenvalue weighted by Crippen LogP contribution is 2.43. The van der Waals surface area contributed by atoms with Gasteiger partial charge in [-0.3, -0.25) is 18.6 Å². The van der Waals surface area contributed by atoms with Crippen molar-refractivity contribution in [3.63, 3.8) is 0 Å². The van der Waals surface area contributed by atoms with Crippen molar-refractivity contribution in [3.05, 3.63) is 72.9 Å². The Bertz CT molecular complexity index is 1290. The van der Waals surface area contributed by atoms with Gasteiger partial charge in [0, 0.05) is 12.8 Å². The third-order valence-corrected chi connectivity index (χ3v) is 10.5. The highest BCUT2D eigenvalue weighted by atomic mass is 31.2. The number of phosphoric ester groups is 1. The number of carbonyl (C=O) groups is 3. The second kappa shape index (κ2) is 42.6. The first-order valence-electron chi connectivity index (χ1n) is 23.0. The molecule has 0 saturated carbocycles. The van der Waals surface area contributed by atoms with Crippen molar-refractivity contribution in [2.75, 3.05) is 19.8 Å². The van der Waals surface area contributed by atoms with Gasteiger partial charge in [0.15, 0.2) is 6.04 Å². The zero-order valence-electron chi connectivity index (χ0n) is 37.2. The molecular formula is C48H82NO10P. The summed E-state index contributed by atoms with van der Waals surface area (Å²) in [5.74, 6) is -2.44. The van der Waals surface area contributed by atoms with Gasteiger partial charge in [-0.25, -0.2) is 9.36 Å². The van der Waals surface area contributed by atoms with Crippen LogP contribution in [0.25, 0.3) is 0 Å². The number of hydrogen-bond donors (Lipinski definition) is 4. The summed E-state index contributed by atoms with van der Waals surface area (Å²) < 4.78 is 26.8. The van der Waals surface area contributed by atoms with Crippen LogP contribution in [0.2, 0.25) is 0 Å². The molecule has 0 fully saturated rings. The van der Waals surface area contributed by atoms with E-state index in [2.05, 4.69) is 86.0 Å². The fraction of sp³-hybridized carbons (Fsp3) is 0.688. The summed E-state index contributed by atoms with van der Waals surface area (Å²) >= 11 is 0. The van der Waals surface area contributed by atoms with E-state index < -0.39 is 57.6 Å². The summed E-state index contributed by atoms with van der Waals surface area (Å²) in [6, 6.07) is -1.57. The van der Waals surface area contributed by atoms with Gasteiger partial charge in [0.1, 0.15) is 12.7 Å². The highest BCUT2D eigenvalue weighted by molar-refractivity contribution is 7.47. The molecule has 0 rings (SSSR count). The average Bonchev–Trinajstić information content (AvgIpc) is 3.22. The van der Waals surface area contributed by atoms with E-state index in [1.807, 2.05) is 6.08 Å². The Morgan fingerprint density at radius 2 is 0.967 bits per heavy atom. The number of ether oxygens (including phenoxy) is 1. The van der Waals surface area contributed by atoms with Crippen LogP contribution in [0.3, 0.4) is 0 Å². The van der Waals surface area contributed by atoms with Crippen molar-refractivity contribution in [3.8, 4) is 0 Å². The number of carboxylic acids is 1. The molecule has 3 unspecified atom stereocenters. The molecule has 3 atom stereocenters. The largest absolute Gasteiger partial charge is 0.480 e. The minimum Gasteiger partial charge on any atom is -0.480 e. The number of amides is 1. The quantitative estimate of drug-likeness (QED) is 0.0201. The number of carboxylic acid groups (broad SMARTS) is 1. The zero-order valence-corrected chi connectivity index (χ0v) is 38.1. The van der Waals surface area contributed by atoms with Crippen molar-refractivity contribution in [2.24, 2.45) is 0 Å². The topological polar surface area (TPSA) is 169 Å². The van der Waals surface area contributed by atoms with Gasteiger partial charge in [0.25, 0.3) is 0 Å². The molecule has 60 heavy (non-hydrogen) atoms. The number of phosphoric acid groups is 1. The monoisotopic (exact) mass is 864 g/mol. The van der Waals surface area contributed by atoms with Crippen LogP contribution < -0.4 is 5.32 Å². The van der Waals surface area contributed by atoms with Gasteiger partial charge < -0.3 is 25.2 Å². The third-order valence-electron chi connectivity index (χ3n) is 9.51. The standard InChI is InChI=1S/C48H82NO10P/c1-3-5-7-9-11-13-15-17-19-20-21-22-23-24-26-27-29-31-33-35-37-39-46(51)49-45(48(53)54)43-59-60(55,56)58-42-44(50)41-57-47(52)40-38-36-34-32-30-28-25-18-16-14-12-10-8-6-4-2/h5,7,11,13,17,19,21-22,24,26,29,31,44-45,50H,3-4,6,8-10,12,14-16,18,20,23,25,27-28,30,32-43H2,1-2H3,(H,49,51)(H,53,54)(H,55,56)/b7-5-,13-11-,19-17-,22-21-,26-24-,31-29-. The lowest BCUT2D eigenvalue weighted by Crippen LogP contribution is -2.43. The fourth-order valence-corrected chi connectivity index (χ4v) is 6.74. The van der Waals surface area contributed by atoms with Crippen LogP contribution in [0, 0.1) is 0 Å². The normalized spacial score (nSPS) is 14.3. The molecule has 0 aliphatic heterocycles. The molecule has 0 spiro atoms. The number of carbonyl (C=O) groups excluding carboxylic acids is 2. The first-order chi connectivity index (χ1) is 29.1. The zero-order chi connectivity index (χ0) is 44.2. The molecule has 0 heterocycles. The summed E-state index contributed by atoms with van der Waals surface area (Å²) in [6.45, 7) is 2.45. The number of nitrogens with one attached hydrogen (secondary N) is 1. The molecule has 11 nitrogen and oxygen atoms in total. The predicted molar refractivity (Wildman–Crippen MR) is 244 cm³/mol. The molecule has 0 aromatic carbocycles. The smallest absolute Gasteiger partial charge is 0.472 e. The number of aliphatic carboxylic acids is 1. The third kappa shape index (κ3) is 41.6. The van der Waals surface area contributed by atoms with E-state index in [0.29, 0.717) is 12.8 Å². The lowest BCUT2D eigenvalue weighted by atomic mass is 10.0. The highest BCUT2D eigenvalue weighted by Gasteiger charge is 2.28. The van der Waals surface area contributed by atoms with E-state index in [9.17, 15) is 34.1 Å². The minimum absolute atomic E-state index is 0.0873. The van der Waals surface area contributed by atoms with Gasteiger partial charge in [0.2, 0.25) is 5.91 Å². The van der Waals surface area contributed by atoms with Gasteiger partial charge in [-0.15, -0.1) is 0 Å². The van der Waals surface area contributed by atoms with Gasteiger partial charge in [-0.2, -0.15) is 0 Å². The maximum absolute atomic E-state index is 12.3. The number of aliphatic hydroxyl groups excluding tert-OH is 1. The summed E-state index contributed by atoms with van der Waals surface area (Å²) in [7, 11) is -4.77. The van der Waals surface area contributed by atoms with Gasteiger partial charge in [-0.1, -0.05) is 177 Å². The Balaban J connectivity index is 3.98. The van der Waals surface area contributed by atoms with E-state index in [-0.39, 0.29) is 12.8 Å². The van der Waals surface area contributed by atoms with Crippen molar-refractivity contribution < 1.29 is 47.8 Å². The summed E-state index contributed by atoms with van der Waals surface area (Å²) in [6.07, 6.45) is 50.7. The predicted octanol–water partition coefficient (Wildman–Crippen LogP) is 12.1. The minimum atomic E-state index is -4.77. The van der Waals surface area contributed by atoms with Gasteiger partial charge in [-0.05, 0) is 64.2 Å². The Labute approximate surface area is 363 Å². The number of aliphatic hydroxyl groups is 1. The van der Waals surface area contributed by atoms with E-state index in [1.54, 1.807) is 0 Å². The lowest BCUT2D eigenvalue weighted by Gasteiger charge is -2.18. The molecular weight excluding hydrogens is 781 g/mol. The molecule has 1 amide bonds. The van der Waals surface area contributed by atoms with Crippen molar-refractivity contribution in [1.29, 1.82) is 0 Å². The molecule has 12 heteroatoms. The van der Waals surface area contributed by atoms with Crippen LogP contribution in [0.15, 0.2) is 72.9 Å². The Morgan fingerprint density at radius 1 is 0.550 bits per heavy atom. The molecule has 0 radical (unpaired) electrons. The molecule has 0 aliphatic carbocycles. The van der Waals surface area contributed by atoms with Crippen molar-refractivity contribution in [1.82, 2.24) is 5.32 Å². The van der Waals surface area contributed by atoms with Crippen molar-refractivity contribution >= 4 is 25.7 Å². The van der Waals surface area contributed by atoms with Crippen molar-refractivity contribution in [2.45, 2.75) is 193 Å². The number of unbranched alkanes of at least 4 members (excludes halogenated alkanes) is 16. The van der Waals surface area contributed by atoms with Gasteiger partial charge in [0.05, 0.1) is 13.2 Å². The van der Waals surface area contributed by atoms with E-state index in [4.69, 9.17) is 13.8 Å². The lowest BCUT2D eigenvalue weighted by molar-refractivity contribution is -0.147. The first-order valence-corrected chi connectivity index (χ1v) is 24.5. The molecule has 344 valence electrons. The molecule has 0 bridgehead atoms. The van der Waals surface area contributed by atoms with E-state index in [0.717, 1.165) is 70.6 Å². The number of hydrogen-bond acceptors (Lipinski definition) is 8. The van der Waals surface area contributed by atoms with Crippen LogP contribution in [0.4, 0.5) is 0 Å². The molecule has 4 N–H and O–H groups in total. The Hall–Kier alpha value is -3.08. The molecule has 0 aromatic rings. The summed E-state index contributed by atoms with van der Waals surface area (Å²) in [4.78, 5) is 46.0. The summed E-state index contributed by atoms with van der Waals surface area (Å²) in [5, 5.41) is 21.8. The van der Waals surface area contributed by atoms with Crippen LogP contribution in [-0.2, 0) is 32.7 Å². The molecule has 0 saturated heterocycles. The average molecular weight is 864 g/mol.